The van der Waals surface area contributed by atoms with Crippen LogP contribution in [0, 0.1) is 12.8 Å². The van der Waals surface area contributed by atoms with Crippen LogP contribution in [0.25, 0.3) is 5.69 Å². The van der Waals surface area contributed by atoms with E-state index in [1.165, 1.54) is 0 Å². The van der Waals surface area contributed by atoms with Crippen LogP contribution in [0.5, 0.6) is 0 Å². The molecule has 2 heterocycles. The highest BCUT2D eigenvalue weighted by atomic mass is 35.5. The summed E-state index contributed by atoms with van der Waals surface area (Å²) in [6, 6.07) is 7.66. The van der Waals surface area contributed by atoms with Gasteiger partial charge in [0.2, 0.25) is 0 Å². The number of halogens is 1. The molecule has 0 amide bonds. The maximum absolute atomic E-state index is 5.92. The van der Waals surface area contributed by atoms with Gasteiger partial charge in [-0.3, -0.25) is 0 Å². The van der Waals surface area contributed by atoms with E-state index < -0.39 is 0 Å². The minimum atomic E-state index is 0.532. The predicted molar refractivity (Wildman–Crippen MR) is 96.4 cm³/mol. The number of aryl methyl sites for hydroxylation is 1. The molecule has 1 atom stereocenters. The van der Waals surface area contributed by atoms with Crippen molar-refractivity contribution in [3.05, 3.63) is 65.5 Å². The highest BCUT2D eigenvalue weighted by molar-refractivity contribution is 6.30. The van der Waals surface area contributed by atoms with Crippen molar-refractivity contribution in [1.82, 2.24) is 24.6 Å². The van der Waals surface area contributed by atoms with Gasteiger partial charge in [-0.2, -0.15) is 5.10 Å². The minimum Gasteiger partial charge on any atom is -0.335 e. The predicted octanol–water partition coefficient (Wildman–Crippen LogP) is 3.46. The van der Waals surface area contributed by atoms with Gasteiger partial charge in [-0.1, -0.05) is 18.5 Å². The van der Waals surface area contributed by atoms with Crippen LogP contribution in [0.4, 0.5) is 0 Å². The van der Waals surface area contributed by atoms with Crippen LogP contribution in [-0.4, -0.2) is 25.9 Å². The van der Waals surface area contributed by atoms with E-state index in [0.717, 1.165) is 41.7 Å². The van der Waals surface area contributed by atoms with Crippen LogP contribution in [0.15, 0.2) is 49.1 Å². The molecule has 0 spiro atoms. The topological polar surface area (TPSA) is 47.7 Å². The SMILES string of the molecule is Cc1nccn1CC(C)CNCc1cnn(-c2ccc(Cl)cc2)c1. The number of rotatable bonds is 7. The van der Waals surface area contributed by atoms with Crippen LogP contribution in [0.2, 0.25) is 5.02 Å². The van der Waals surface area contributed by atoms with E-state index >= 15 is 0 Å². The first-order valence-corrected chi connectivity index (χ1v) is 8.47. The Bertz CT molecular complexity index is 775. The zero-order chi connectivity index (χ0) is 16.9. The lowest BCUT2D eigenvalue weighted by molar-refractivity contribution is 0.440. The van der Waals surface area contributed by atoms with Gasteiger partial charge in [0.05, 0.1) is 11.9 Å². The Morgan fingerprint density at radius 3 is 2.75 bits per heavy atom. The summed E-state index contributed by atoms with van der Waals surface area (Å²) in [5.41, 5.74) is 2.17. The number of aromatic nitrogens is 4. The number of nitrogens with one attached hydrogen (secondary N) is 1. The van der Waals surface area contributed by atoms with E-state index in [0.29, 0.717) is 5.92 Å². The molecule has 0 bridgehead atoms. The van der Waals surface area contributed by atoms with E-state index in [9.17, 15) is 0 Å². The van der Waals surface area contributed by atoms with Crippen molar-refractivity contribution in [2.45, 2.75) is 26.9 Å². The van der Waals surface area contributed by atoms with Crippen molar-refractivity contribution in [3.8, 4) is 5.69 Å². The number of nitrogens with zero attached hydrogens (tertiary/aromatic N) is 4. The van der Waals surface area contributed by atoms with E-state index in [-0.39, 0.29) is 0 Å². The van der Waals surface area contributed by atoms with Crippen LogP contribution >= 0.6 is 11.6 Å². The molecule has 0 aliphatic rings. The Balaban J connectivity index is 1.49. The first-order chi connectivity index (χ1) is 11.6. The molecule has 24 heavy (non-hydrogen) atoms. The fraction of sp³-hybridized carbons (Fsp3) is 0.333. The van der Waals surface area contributed by atoms with Gasteiger partial charge >= 0.3 is 0 Å². The lowest BCUT2D eigenvalue weighted by Gasteiger charge is -2.14. The molecule has 1 aromatic carbocycles. The van der Waals surface area contributed by atoms with E-state index in [1.807, 2.05) is 60.7 Å². The van der Waals surface area contributed by atoms with E-state index in [4.69, 9.17) is 11.6 Å². The maximum Gasteiger partial charge on any atom is 0.105 e. The van der Waals surface area contributed by atoms with Crippen molar-refractivity contribution >= 4 is 11.6 Å². The van der Waals surface area contributed by atoms with Crippen molar-refractivity contribution in [3.63, 3.8) is 0 Å². The number of benzene rings is 1. The standard InChI is InChI=1S/C18H22ClN5/c1-14(12-23-8-7-21-15(23)2)9-20-10-16-11-22-24(13-16)18-5-3-17(19)4-6-18/h3-8,11,13-14,20H,9-10,12H2,1-2H3. The van der Waals surface area contributed by atoms with Crippen LogP contribution in [0.3, 0.4) is 0 Å². The van der Waals surface area contributed by atoms with Gasteiger partial charge in [0.1, 0.15) is 5.82 Å². The zero-order valence-corrected chi connectivity index (χ0v) is 14.7. The molecule has 1 unspecified atom stereocenters. The molecular formula is C18H22ClN5. The number of hydrogen-bond acceptors (Lipinski definition) is 3. The summed E-state index contributed by atoms with van der Waals surface area (Å²) in [5.74, 6) is 1.59. The van der Waals surface area contributed by atoms with Gasteiger partial charge in [-0.15, -0.1) is 0 Å². The molecule has 6 heteroatoms. The number of imidazole rings is 1. The third-order valence-electron chi connectivity index (χ3n) is 3.98. The lowest BCUT2D eigenvalue weighted by atomic mass is 10.1. The Labute approximate surface area is 147 Å². The molecule has 0 saturated carbocycles. The monoisotopic (exact) mass is 343 g/mol. The fourth-order valence-corrected chi connectivity index (χ4v) is 2.77. The molecule has 0 aliphatic carbocycles. The maximum atomic E-state index is 5.92. The molecule has 3 rings (SSSR count). The molecule has 0 fully saturated rings. The van der Waals surface area contributed by atoms with Crippen LogP contribution in [-0.2, 0) is 13.1 Å². The summed E-state index contributed by atoms with van der Waals surface area (Å²) >= 11 is 5.92. The molecule has 2 aromatic heterocycles. The summed E-state index contributed by atoms with van der Waals surface area (Å²) in [6.45, 7) is 7.00. The van der Waals surface area contributed by atoms with Gasteiger partial charge < -0.3 is 9.88 Å². The van der Waals surface area contributed by atoms with E-state index in [1.54, 1.807) is 0 Å². The molecular weight excluding hydrogens is 322 g/mol. The van der Waals surface area contributed by atoms with E-state index in [2.05, 4.69) is 26.9 Å². The average Bonchev–Trinajstić information content (AvgIpc) is 3.18. The van der Waals surface area contributed by atoms with Crippen LogP contribution in [0.1, 0.15) is 18.3 Å². The number of hydrogen-bond donors (Lipinski definition) is 1. The van der Waals surface area contributed by atoms with Gasteiger partial charge in [-0.25, -0.2) is 9.67 Å². The molecule has 1 N–H and O–H groups in total. The Hall–Kier alpha value is -2.11. The fourth-order valence-electron chi connectivity index (χ4n) is 2.65. The molecule has 0 radical (unpaired) electrons. The van der Waals surface area contributed by atoms with Crippen molar-refractivity contribution < 1.29 is 0 Å². The first-order valence-electron chi connectivity index (χ1n) is 8.10. The Morgan fingerprint density at radius 2 is 2.04 bits per heavy atom. The molecule has 5 nitrogen and oxygen atoms in total. The van der Waals surface area contributed by atoms with Gasteiger partial charge in [0.25, 0.3) is 0 Å². The largest absolute Gasteiger partial charge is 0.335 e. The van der Waals surface area contributed by atoms with Crippen molar-refractivity contribution in [2.75, 3.05) is 6.54 Å². The highest BCUT2D eigenvalue weighted by Gasteiger charge is 2.06. The summed E-state index contributed by atoms with van der Waals surface area (Å²) in [7, 11) is 0. The zero-order valence-electron chi connectivity index (χ0n) is 14.0. The second kappa shape index (κ2) is 7.64. The Kier molecular flexibility index (Phi) is 5.33. The second-order valence-corrected chi connectivity index (χ2v) is 6.57. The summed E-state index contributed by atoms with van der Waals surface area (Å²) in [5, 5.41) is 8.64. The van der Waals surface area contributed by atoms with Gasteiger partial charge in [-0.05, 0) is 43.7 Å². The Morgan fingerprint density at radius 1 is 1.25 bits per heavy atom. The third-order valence-corrected chi connectivity index (χ3v) is 4.23. The normalized spacial score (nSPS) is 12.5. The second-order valence-electron chi connectivity index (χ2n) is 6.13. The van der Waals surface area contributed by atoms with Gasteiger partial charge in [0.15, 0.2) is 0 Å². The molecule has 3 aromatic rings. The van der Waals surface area contributed by atoms with Crippen LogP contribution < -0.4 is 5.32 Å². The van der Waals surface area contributed by atoms with Crippen molar-refractivity contribution in [1.29, 1.82) is 0 Å². The molecule has 126 valence electrons. The third kappa shape index (κ3) is 4.24. The quantitative estimate of drug-likeness (QED) is 0.714. The molecule has 0 aliphatic heterocycles. The first kappa shape index (κ1) is 16.7. The molecule has 0 saturated heterocycles. The lowest BCUT2D eigenvalue weighted by Crippen LogP contribution is -2.23. The van der Waals surface area contributed by atoms with Gasteiger partial charge in [0, 0.05) is 42.3 Å². The van der Waals surface area contributed by atoms with Crippen molar-refractivity contribution in [2.24, 2.45) is 5.92 Å². The summed E-state index contributed by atoms with van der Waals surface area (Å²) < 4.78 is 4.05. The summed E-state index contributed by atoms with van der Waals surface area (Å²) in [6.07, 6.45) is 7.82. The highest BCUT2D eigenvalue weighted by Crippen LogP contribution is 2.13. The average molecular weight is 344 g/mol. The smallest absolute Gasteiger partial charge is 0.105 e. The minimum absolute atomic E-state index is 0.532. The summed E-state index contributed by atoms with van der Waals surface area (Å²) in [4.78, 5) is 4.26.